The Morgan fingerprint density at radius 2 is 2.00 bits per heavy atom. The van der Waals surface area contributed by atoms with E-state index in [1.165, 1.54) is 4.31 Å². The van der Waals surface area contributed by atoms with Crippen LogP contribution in [0.25, 0.3) is 0 Å². The van der Waals surface area contributed by atoms with Gasteiger partial charge in [0.25, 0.3) is 0 Å². The molecule has 0 unspecified atom stereocenters. The van der Waals surface area contributed by atoms with Gasteiger partial charge in [-0.3, -0.25) is 0 Å². The van der Waals surface area contributed by atoms with Crippen LogP contribution in [0.5, 0.6) is 0 Å². The average molecular weight is 320 g/mol. The quantitative estimate of drug-likeness (QED) is 0.920. The van der Waals surface area contributed by atoms with Gasteiger partial charge in [0.2, 0.25) is 10.0 Å². The van der Waals surface area contributed by atoms with Gasteiger partial charge in [-0.1, -0.05) is 19.1 Å². The number of sulfonamides is 1. The first-order chi connectivity index (χ1) is 7.89. The molecule has 4 nitrogen and oxygen atoms in total. The van der Waals surface area contributed by atoms with Crippen LogP contribution >= 0.6 is 15.9 Å². The summed E-state index contributed by atoms with van der Waals surface area (Å²) in [4.78, 5) is 0.248. The lowest BCUT2D eigenvalue weighted by Gasteiger charge is -2.44. The third-order valence-electron chi connectivity index (χ3n) is 3.05. The fourth-order valence-electron chi connectivity index (χ4n) is 1.80. The van der Waals surface area contributed by atoms with Gasteiger partial charge in [0.1, 0.15) is 0 Å². The van der Waals surface area contributed by atoms with Crippen LogP contribution in [0.4, 0.5) is 0 Å². The van der Waals surface area contributed by atoms with Gasteiger partial charge in [0.15, 0.2) is 0 Å². The van der Waals surface area contributed by atoms with Crippen LogP contribution in [0.15, 0.2) is 33.6 Å². The van der Waals surface area contributed by atoms with Crippen molar-refractivity contribution in [3.63, 3.8) is 0 Å². The summed E-state index contributed by atoms with van der Waals surface area (Å²) in [7, 11) is -3.49. The predicted octanol–water partition coefficient (Wildman–Crippen LogP) is 1.59. The number of hydrogen-bond donors (Lipinski definition) is 1. The maximum atomic E-state index is 12.2. The van der Waals surface area contributed by atoms with E-state index in [1.807, 2.05) is 6.92 Å². The van der Waals surface area contributed by atoms with Crippen molar-refractivity contribution >= 4 is 26.0 Å². The Bertz CT molecular complexity index is 523. The van der Waals surface area contributed by atoms with Crippen molar-refractivity contribution in [2.24, 2.45) is 0 Å². The number of benzene rings is 1. The van der Waals surface area contributed by atoms with Crippen molar-refractivity contribution in [3.8, 4) is 0 Å². The summed E-state index contributed by atoms with van der Waals surface area (Å²) in [6.45, 7) is 2.20. The molecule has 0 atom stereocenters. The molecular formula is C11H14BrNO3S. The Balaban J connectivity index is 2.26. The number of hydrogen-bond acceptors (Lipinski definition) is 3. The molecule has 6 heteroatoms. The second kappa shape index (κ2) is 4.35. The highest BCUT2D eigenvalue weighted by Crippen LogP contribution is 2.32. The van der Waals surface area contributed by atoms with Crippen molar-refractivity contribution in [1.29, 1.82) is 0 Å². The molecule has 17 heavy (non-hydrogen) atoms. The Hall–Kier alpha value is -0.430. The van der Waals surface area contributed by atoms with E-state index in [0.29, 0.717) is 10.9 Å². The summed E-state index contributed by atoms with van der Waals surface area (Å²) in [5, 5.41) is 9.85. The van der Waals surface area contributed by atoms with E-state index >= 15 is 0 Å². The SMILES string of the molecule is CCC1(O)CN(S(=O)(=O)c2ccccc2Br)C1. The Labute approximate surface area is 109 Å². The first-order valence-corrected chi connectivity index (χ1v) is 7.59. The first-order valence-electron chi connectivity index (χ1n) is 5.36. The Morgan fingerprint density at radius 3 is 2.53 bits per heavy atom. The molecule has 1 aliphatic rings. The van der Waals surface area contributed by atoms with E-state index in [2.05, 4.69) is 15.9 Å². The summed E-state index contributed by atoms with van der Waals surface area (Å²) >= 11 is 3.23. The predicted molar refractivity (Wildman–Crippen MR) is 68.1 cm³/mol. The van der Waals surface area contributed by atoms with Gasteiger partial charge in [-0.25, -0.2) is 8.42 Å². The van der Waals surface area contributed by atoms with E-state index in [4.69, 9.17) is 0 Å². The van der Waals surface area contributed by atoms with Crippen LogP contribution in [-0.2, 0) is 10.0 Å². The fourth-order valence-corrected chi connectivity index (χ4v) is 4.36. The molecule has 1 N–H and O–H groups in total. The normalized spacial score (nSPS) is 19.9. The molecule has 1 fully saturated rings. The largest absolute Gasteiger partial charge is 0.387 e. The smallest absolute Gasteiger partial charge is 0.244 e. The lowest BCUT2D eigenvalue weighted by Crippen LogP contribution is -2.62. The van der Waals surface area contributed by atoms with E-state index in [1.54, 1.807) is 24.3 Å². The molecule has 1 saturated heterocycles. The first kappa shape index (κ1) is 13.0. The van der Waals surface area contributed by atoms with Crippen molar-refractivity contribution in [2.45, 2.75) is 23.8 Å². The maximum absolute atomic E-state index is 12.2. The monoisotopic (exact) mass is 319 g/mol. The number of halogens is 1. The van der Waals surface area contributed by atoms with Crippen LogP contribution in [0.3, 0.4) is 0 Å². The molecule has 0 amide bonds. The van der Waals surface area contributed by atoms with Gasteiger partial charge in [-0.15, -0.1) is 0 Å². The molecule has 0 aliphatic carbocycles. The zero-order valence-corrected chi connectivity index (χ0v) is 11.8. The van der Waals surface area contributed by atoms with Gasteiger partial charge < -0.3 is 5.11 Å². The molecule has 0 radical (unpaired) electrons. The van der Waals surface area contributed by atoms with E-state index in [9.17, 15) is 13.5 Å². The van der Waals surface area contributed by atoms with Gasteiger partial charge in [-0.2, -0.15) is 4.31 Å². The van der Waals surface area contributed by atoms with Crippen LogP contribution < -0.4 is 0 Å². The molecular weight excluding hydrogens is 306 g/mol. The topological polar surface area (TPSA) is 57.6 Å². The summed E-state index contributed by atoms with van der Waals surface area (Å²) in [6.07, 6.45) is 0.564. The van der Waals surface area contributed by atoms with E-state index in [0.717, 1.165) is 0 Å². The second-order valence-electron chi connectivity index (χ2n) is 4.28. The molecule has 1 aliphatic heterocycles. The number of β-amino-alcohol motifs (C(OH)–C–C–N with tert-alkyl or cyclic N) is 1. The van der Waals surface area contributed by atoms with Gasteiger partial charge in [0.05, 0.1) is 10.5 Å². The maximum Gasteiger partial charge on any atom is 0.244 e. The fraction of sp³-hybridized carbons (Fsp3) is 0.455. The highest BCUT2D eigenvalue weighted by atomic mass is 79.9. The number of nitrogens with zero attached hydrogens (tertiary/aromatic N) is 1. The molecule has 1 aromatic rings. The molecule has 1 heterocycles. The van der Waals surface area contributed by atoms with Crippen molar-refractivity contribution in [3.05, 3.63) is 28.7 Å². The molecule has 94 valence electrons. The molecule has 0 bridgehead atoms. The summed E-state index contributed by atoms with van der Waals surface area (Å²) in [5.41, 5.74) is -0.853. The minimum absolute atomic E-state index is 0.174. The van der Waals surface area contributed by atoms with E-state index in [-0.39, 0.29) is 18.0 Å². The third-order valence-corrected chi connectivity index (χ3v) is 5.86. The minimum atomic E-state index is -3.49. The van der Waals surface area contributed by atoms with Crippen LogP contribution in [0, 0.1) is 0 Å². The minimum Gasteiger partial charge on any atom is -0.387 e. The average Bonchev–Trinajstić information content (AvgIpc) is 2.25. The molecule has 1 aromatic carbocycles. The number of aliphatic hydroxyl groups is 1. The van der Waals surface area contributed by atoms with Crippen molar-refractivity contribution in [1.82, 2.24) is 4.31 Å². The van der Waals surface area contributed by atoms with Gasteiger partial charge in [-0.05, 0) is 34.5 Å². The summed E-state index contributed by atoms with van der Waals surface area (Å²) in [5.74, 6) is 0. The highest BCUT2D eigenvalue weighted by Gasteiger charge is 2.46. The Kier molecular flexibility index (Phi) is 3.33. The summed E-state index contributed by atoms with van der Waals surface area (Å²) in [6, 6.07) is 6.70. The third kappa shape index (κ3) is 2.27. The molecule has 0 aromatic heterocycles. The van der Waals surface area contributed by atoms with Crippen LogP contribution in [-0.4, -0.2) is 36.5 Å². The van der Waals surface area contributed by atoms with Crippen molar-refractivity contribution in [2.75, 3.05) is 13.1 Å². The molecule has 0 spiro atoms. The molecule has 0 saturated carbocycles. The zero-order valence-electron chi connectivity index (χ0n) is 9.43. The Morgan fingerprint density at radius 1 is 1.41 bits per heavy atom. The lowest BCUT2D eigenvalue weighted by atomic mass is 9.94. The standard InChI is InChI=1S/C11H14BrNO3S/c1-2-11(14)7-13(8-11)17(15,16)10-6-4-3-5-9(10)12/h3-6,14H,2,7-8H2,1H3. The van der Waals surface area contributed by atoms with E-state index < -0.39 is 15.6 Å². The van der Waals surface area contributed by atoms with Gasteiger partial charge >= 0.3 is 0 Å². The highest BCUT2D eigenvalue weighted by molar-refractivity contribution is 9.10. The summed E-state index contributed by atoms with van der Waals surface area (Å²) < 4.78 is 26.3. The molecule has 2 rings (SSSR count). The second-order valence-corrected chi connectivity index (χ2v) is 7.04. The zero-order chi connectivity index (χ0) is 12.7. The van der Waals surface area contributed by atoms with Crippen LogP contribution in [0.2, 0.25) is 0 Å². The number of rotatable bonds is 3. The lowest BCUT2D eigenvalue weighted by molar-refractivity contribution is -0.0613. The van der Waals surface area contributed by atoms with Crippen LogP contribution in [0.1, 0.15) is 13.3 Å². The van der Waals surface area contributed by atoms with Crippen molar-refractivity contribution < 1.29 is 13.5 Å². The van der Waals surface area contributed by atoms with Gasteiger partial charge in [0, 0.05) is 17.6 Å².